The highest BCUT2D eigenvalue weighted by molar-refractivity contribution is 7.89. The fourth-order valence-electron chi connectivity index (χ4n) is 1.87. The van der Waals surface area contributed by atoms with Gasteiger partial charge in [-0.25, -0.2) is 13.6 Å². The van der Waals surface area contributed by atoms with Gasteiger partial charge in [0, 0.05) is 5.69 Å². The van der Waals surface area contributed by atoms with Crippen LogP contribution in [-0.4, -0.2) is 14.3 Å². The molecule has 0 heterocycles. The van der Waals surface area contributed by atoms with E-state index >= 15 is 0 Å². The summed E-state index contributed by atoms with van der Waals surface area (Å²) in [5, 5.41) is 7.76. The standard InChI is InChI=1S/C15H16N2O3S/c1-11(12-5-3-2-4-6-12)15(18)17-13-7-9-14(10-8-13)21(16,19)20/h2-11H,1H3,(H,17,18)(H2,16,19,20)/t11-/m1/s1. The molecule has 0 saturated carbocycles. The Morgan fingerprint density at radius 3 is 2.14 bits per heavy atom. The lowest BCUT2D eigenvalue weighted by molar-refractivity contribution is -0.117. The van der Waals surface area contributed by atoms with Crippen LogP contribution in [0, 0.1) is 0 Å². The molecule has 0 bridgehead atoms. The van der Waals surface area contributed by atoms with Crippen LogP contribution in [0.1, 0.15) is 18.4 Å². The van der Waals surface area contributed by atoms with E-state index in [1.807, 2.05) is 37.3 Å². The SMILES string of the molecule is C[C@@H](C(=O)Nc1ccc(S(N)(=O)=O)cc1)c1ccccc1. The van der Waals surface area contributed by atoms with Gasteiger partial charge in [0.2, 0.25) is 15.9 Å². The molecule has 3 N–H and O–H groups in total. The molecule has 0 fully saturated rings. The fourth-order valence-corrected chi connectivity index (χ4v) is 2.39. The molecule has 2 rings (SSSR count). The van der Waals surface area contributed by atoms with Gasteiger partial charge in [-0.1, -0.05) is 30.3 Å². The van der Waals surface area contributed by atoms with Crippen LogP contribution in [0.15, 0.2) is 59.5 Å². The largest absolute Gasteiger partial charge is 0.326 e. The number of rotatable bonds is 4. The lowest BCUT2D eigenvalue weighted by Gasteiger charge is -2.12. The molecular weight excluding hydrogens is 288 g/mol. The summed E-state index contributed by atoms with van der Waals surface area (Å²) in [5.41, 5.74) is 1.44. The van der Waals surface area contributed by atoms with Crippen molar-refractivity contribution in [2.45, 2.75) is 17.7 Å². The Bertz CT molecular complexity index is 725. The smallest absolute Gasteiger partial charge is 0.238 e. The summed E-state index contributed by atoms with van der Waals surface area (Å²) in [6.45, 7) is 1.81. The topological polar surface area (TPSA) is 89.3 Å². The first kappa shape index (κ1) is 15.2. The Morgan fingerprint density at radius 2 is 1.62 bits per heavy atom. The third-order valence-electron chi connectivity index (χ3n) is 3.14. The minimum absolute atomic E-state index is 0.0107. The summed E-state index contributed by atoms with van der Waals surface area (Å²) in [5.74, 6) is -0.464. The predicted octanol–water partition coefficient (Wildman–Crippen LogP) is 2.08. The number of anilines is 1. The zero-order chi connectivity index (χ0) is 15.5. The molecule has 110 valence electrons. The van der Waals surface area contributed by atoms with Gasteiger partial charge < -0.3 is 5.32 Å². The van der Waals surface area contributed by atoms with Crippen molar-refractivity contribution in [1.82, 2.24) is 0 Å². The zero-order valence-corrected chi connectivity index (χ0v) is 12.3. The number of hydrogen-bond donors (Lipinski definition) is 2. The van der Waals surface area contributed by atoms with Crippen LogP contribution >= 0.6 is 0 Å². The third-order valence-corrected chi connectivity index (χ3v) is 4.07. The molecule has 1 atom stereocenters. The minimum atomic E-state index is -3.72. The molecule has 21 heavy (non-hydrogen) atoms. The Kier molecular flexibility index (Phi) is 4.40. The van der Waals surface area contributed by atoms with Gasteiger partial charge in [0.25, 0.3) is 0 Å². The lowest BCUT2D eigenvalue weighted by Crippen LogP contribution is -2.19. The maximum absolute atomic E-state index is 12.1. The summed E-state index contributed by atoms with van der Waals surface area (Å²) >= 11 is 0. The first-order valence-electron chi connectivity index (χ1n) is 6.36. The van der Waals surface area contributed by atoms with Crippen molar-refractivity contribution in [2.75, 3.05) is 5.32 Å². The number of benzene rings is 2. The second-order valence-electron chi connectivity index (χ2n) is 4.69. The van der Waals surface area contributed by atoms with E-state index in [1.165, 1.54) is 24.3 Å². The highest BCUT2D eigenvalue weighted by Crippen LogP contribution is 2.18. The van der Waals surface area contributed by atoms with Crippen LogP contribution in [0.2, 0.25) is 0 Å². The minimum Gasteiger partial charge on any atom is -0.326 e. The number of amides is 1. The van der Waals surface area contributed by atoms with Crippen LogP contribution in [0.4, 0.5) is 5.69 Å². The quantitative estimate of drug-likeness (QED) is 0.906. The molecule has 1 amide bonds. The van der Waals surface area contributed by atoms with Crippen LogP contribution < -0.4 is 10.5 Å². The fraction of sp³-hybridized carbons (Fsp3) is 0.133. The van der Waals surface area contributed by atoms with E-state index in [0.29, 0.717) is 5.69 Å². The molecule has 0 saturated heterocycles. The molecule has 0 aliphatic carbocycles. The van der Waals surface area contributed by atoms with E-state index in [-0.39, 0.29) is 16.7 Å². The average molecular weight is 304 g/mol. The highest BCUT2D eigenvalue weighted by Gasteiger charge is 2.15. The maximum atomic E-state index is 12.1. The van der Waals surface area contributed by atoms with Gasteiger partial charge in [-0.15, -0.1) is 0 Å². The molecule has 5 nitrogen and oxygen atoms in total. The van der Waals surface area contributed by atoms with Crippen LogP contribution in [0.25, 0.3) is 0 Å². The number of nitrogens with one attached hydrogen (secondary N) is 1. The molecule has 0 spiro atoms. The van der Waals surface area contributed by atoms with E-state index in [1.54, 1.807) is 0 Å². The van der Waals surface area contributed by atoms with Gasteiger partial charge in [0.15, 0.2) is 0 Å². The Balaban J connectivity index is 2.10. The summed E-state index contributed by atoms with van der Waals surface area (Å²) in [6.07, 6.45) is 0. The normalized spacial score (nSPS) is 12.7. The van der Waals surface area contributed by atoms with Crippen molar-refractivity contribution in [3.05, 3.63) is 60.2 Å². The van der Waals surface area contributed by atoms with Crippen LogP contribution in [0.3, 0.4) is 0 Å². The van der Waals surface area contributed by atoms with Crippen LogP contribution in [0.5, 0.6) is 0 Å². The number of carbonyl (C=O) groups is 1. The number of nitrogens with two attached hydrogens (primary N) is 1. The van der Waals surface area contributed by atoms with Crippen molar-refractivity contribution >= 4 is 21.6 Å². The average Bonchev–Trinajstić information content (AvgIpc) is 2.47. The lowest BCUT2D eigenvalue weighted by atomic mass is 10.0. The number of primary sulfonamides is 1. The third kappa shape index (κ3) is 3.90. The first-order chi connectivity index (χ1) is 9.88. The highest BCUT2D eigenvalue weighted by atomic mass is 32.2. The maximum Gasteiger partial charge on any atom is 0.238 e. The van der Waals surface area contributed by atoms with Gasteiger partial charge in [-0.05, 0) is 36.8 Å². The van der Waals surface area contributed by atoms with Crippen molar-refractivity contribution in [3.63, 3.8) is 0 Å². The number of hydrogen-bond acceptors (Lipinski definition) is 3. The number of sulfonamides is 1. The van der Waals surface area contributed by atoms with Crippen molar-refractivity contribution < 1.29 is 13.2 Å². The van der Waals surface area contributed by atoms with Crippen molar-refractivity contribution in [2.24, 2.45) is 5.14 Å². The molecule has 6 heteroatoms. The zero-order valence-electron chi connectivity index (χ0n) is 11.5. The number of carbonyl (C=O) groups excluding carboxylic acids is 1. The summed E-state index contributed by atoms with van der Waals surface area (Å²) in [6, 6.07) is 15.1. The van der Waals surface area contributed by atoms with E-state index in [4.69, 9.17) is 5.14 Å². The molecule has 0 aliphatic rings. The van der Waals surface area contributed by atoms with Gasteiger partial charge in [-0.2, -0.15) is 0 Å². The molecule has 0 aliphatic heterocycles. The predicted molar refractivity (Wildman–Crippen MR) is 81.3 cm³/mol. The van der Waals surface area contributed by atoms with Crippen molar-refractivity contribution in [1.29, 1.82) is 0 Å². The monoisotopic (exact) mass is 304 g/mol. The van der Waals surface area contributed by atoms with Gasteiger partial charge in [-0.3, -0.25) is 4.79 Å². The summed E-state index contributed by atoms with van der Waals surface area (Å²) in [4.78, 5) is 12.2. The Labute approximate surface area is 123 Å². The summed E-state index contributed by atoms with van der Waals surface area (Å²) < 4.78 is 22.3. The first-order valence-corrected chi connectivity index (χ1v) is 7.91. The van der Waals surface area contributed by atoms with Gasteiger partial charge in [0.05, 0.1) is 10.8 Å². The molecule has 0 unspecified atom stereocenters. The molecule has 0 radical (unpaired) electrons. The molecule has 2 aromatic rings. The van der Waals surface area contributed by atoms with E-state index in [2.05, 4.69) is 5.32 Å². The van der Waals surface area contributed by atoms with E-state index < -0.39 is 10.0 Å². The van der Waals surface area contributed by atoms with E-state index in [9.17, 15) is 13.2 Å². The van der Waals surface area contributed by atoms with Crippen LogP contribution in [-0.2, 0) is 14.8 Å². The second kappa shape index (κ2) is 6.07. The van der Waals surface area contributed by atoms with E-state index in [0.717, 1.165) is 5.56 Å². The Hall–Kier alpha value is -2.18. The molecule has 2 aromatic carbocycles. The van der Waals surface area contributed by atoms with Crippen molar-refractivity contribution in [3.8, 4) is 0 Å². The van der Waals surface area contributed by atoms with Gasteiger partial charge in [0.1, 0.15) is 0 Å². The summed E-state index contributed by atoms with van der Waals surface area (Å²) in [7, 11) is -3.72. The molecular formula is C15H16N2O3S. The van der Waals surface area contributed by atoms with Gasteiger partial charge >= 0.3 is 0 Å². The second-order valence-corrected chi connectivity index (χ2v) is 6.25. The molecule has 0 aromatic heterocycles. The Morgan fingerprint density at radius 1 is 1.05 bits per heavy atom.